The first-order chi connectivity index (χ1) is 9.28. The van der Waals surface area contributed by atoms with E-state index in [0.29, 0.717) is 5.41 Å². The van der Waals surface area contributed by atoms with Gasteiger partial charge in [0.1, 0.15) is 0 Å². The maximum atomic E-state index is 13.1. The van der Waals surface area contributed by atoms with Crippen molar-refractivity contribution in [2.75, 3.05) is 19.6 Å². The summed E-state index contributed by atoms with van der Waals surface area (Å²) in [5.74, 6) is -1.48. The molecule has 3 heteroatoms. The molecule has 1 aliphatic heterocycles. The van der Waals surface area contributed by atoms with E-state index < -0.39 is 5.92 Å². The minimum absolute atomic E-state index is 0.0998. The van der Waals surface area contributed by atoms with Crippen LogP contribution in [0.1, 0.15) is 65.7 Å². The number of likely N-dealkylation sites (tertiary alicyclic amines) is 1. The lowest BCUT2D eigenvalue weighted by molar-refractivity contribution is -0.0235. The molecule has 1 saturated carbocycles. The number of halogens is 2. The third-order valence-corrected chi connectivity index (χ3v) is 5.35. The Hall–Kier alpha value is -0.180. The van der Waals surface area contributed by atoms with Gasteiger partial charge < -0.3 is 4.90 Å². The molecule has 0 bridgehead atoms. The fourth-order valence-corrected chi connectivity index (χ4v) is 4.23. The smallest absolute Gasteiger partial charge is 0.245 e. The Balaban J connectivity index is 1.76. The van der Waals surface area contributed by atoms with E-state index in [4.69, 9.17) is 0 Å². The molecule has 0 atom stereocenters. The zero-order valence-electron chi connectivity index (χ0n) is 13.4. The highest BCUT2D eigenvalue weighted by Gasteiger charge is 2.39. The first kappa shape index (κ1) is 16.2. The van der Waals surface area contributed by atoms with Gasteiger partial charge >= 0.3 is 0 Å². The van der Waals surface area contributed by atoms with Crippen LogP contribution >= 0.6 is 0 Å². The number of nitrogens with zero attached hydrogens (tertiary/aromatic N) is 1. The van der Waals surface area contributed by atoms with Gasteiger partial charge in [-0.2, -0.15) is 0 Å². The highest BCUT2D eigenvalue weighted by Crippen LogP contribution is 2.48. The van der Waals surface area contributed by atoms with Gasteiger partial charge in [-0.05, 0) is 75.8 Å². The molecular formula is C17H31F2N. The van der Waals surface area contributed by atoms with E-state index in [1.165, 1.54) is 45.3 Å². The van der Waals surface area contributed by atoms with Crippen LogP contribution in [0.4, 0.5) is 8.78 Å². The SMILES string of the molecule is CC(C)CN1CCC2(CCC(CC(C)(F)F)CC2)CC1. The zero-order valence-corrected chi connectivity index (χ0v) is 13.4. The van der Waals surface area contributed by atoms with E-state index in [9.17, 15) is 8.78 Å². The van der Waals surface area contributed by atoms with Crippen molar-refractivity contribution in [3.05, 3.63) is 0 Å². The monoisotopic (exact) mass is 287 g/mol. The maximum Gasteiger partial charge on any atom is 0.245 e. The third kappa shape index (κ3) is 4.68. The summed E-state index contributed by atoms with van der Waals surface area (Å²) < 4.78 is 26.2. The fraction of sp³-hybridized carbons (Fsp3) is 1.00. The highest BCUT2D eigenvalue weighted by atomic mass is 19.3. The lowest BCUT2D eigenvalue weighted by Gasteiger charge is -2.46. The molecule has 0 aromatic carbocycles. The van der Waals surface area contributed by atoms with E-state index >= 15 is 0 Å². The first-order valence-corrected chi connectivity index (χ1v) is 8.38. The summed E-state index contributed by atoms with van der Waals surface area (Å²) in [6.45, 7) is 9.27. The van der Waals surface area contributed by atoms with Gasteiger partial charge in [-0.1, -0.05) is 13.8 Å². The molecule has 2 fully saturated rings. The Morgan fingerprint density at radius 3 is 2.10 bits per heavy atom. The number of hydrogen-bond donors (Lipinski definition) is 0. The molecule has 0 amide bonds. The van der Waals surface area contributed by atoms with Gasteiger partial charge in [-0.15, -0.1) is 0 Å². The second kappa shape index (κ2) is 6.29. The van der Waals surface area contributed by atoms with Crippen molar-refractivity contribution in [3.63, 3.8) is 0 Å². The van der Waals surface area contributed by atoms with E-state index in [0.717, 1.165) is 25.7 Å². The molecule has 0 aromatic heterocycles. The van der Waals surface area contributed by atoms with Crippen LogP contribution in [0.15, 0.2) is 0 Å². The highest BCUT2D eigenvalue weighted by molar-refractivity contribution is 4.91. The minimum Gasteiger partial charge on any atom is -0.303 e. The van der Waals surface area contributed by atoms with Crippen molar-refractivity contribution in [2.24, 2.45) is 17.3 Å². The number of hydrogen-bond acceptors (Lipinski definition) is 1. The predicted octanol–water partition coefficient (Wildman–Crippen LogP) is 4.96. The van der Waals surface area contributed by atoms with Crippen molar-refractivity contribution in [1.29, 1.82) is 0 Å². The van der Waals surface area contributed by atoms with E-state index in [1.807, 2.05) is 0 Å². The van der Waals surface area contributed by atoms with Gasteiger partial charge in [0, 0.05) is 13.0 Å². The fourth-order valence-electron chi connectivity index (χ4n) is 4.23. The number of piperidine rings is 1. The molecule has 0 unspecified atom stereocenters. The summed E-state index contributed by atoms with van der Waals surface area (Å²) in [5.41, 5.74) is 0.493. The Bertz CT molecular complexity index is 291. The van der Waals surface area contributed by atoms with Crippen LogP contribution in [-0.2, 0) is 0 Å². The van der Waals surface area contributed by atoms with Crippen molar-refractivity contribution in [3.8, 4) is 0 Å². The molecule has 1 nitrogen and oxygen atoms in total. The minimum atomic E-state index is -2.48. The van der Waals surface area contributed by atoms with Crippen LogP contribution in [-0.4, -0.2) is 30.5 Å². The average Bonchev–Trinajstić information content (AvgIpc) is 2.33. The first-order valence-electron chi connectivity index (χ1n) is 8.38. The summed E-state index contributed by atoms with van der Waals surface area (Å²) in [5, 5.41) is 0. The second-order valence-corrected chi connectivity index (χ2v) is 7.91. The maximum absolute atomic E-state index is 13.1. The van der Waals surface area contributed by atoms with Crippen LogP contribution in [0, 0.1) is 17.3 Å². The van der Waals surface area contributed by atoms with Gasteiger partial charge in [0.2, 0.25) is 5.92 Å². The molecule has 2 aliphatic rings. The van der Waals surface area contributed by atoms with Crippen LogP contribution in [0.25, 0.3) is 0 Å². The Kier molecular flexibility index (Phi) is 5.09. The van der Waals surface area contributed by atoms with Crippen LogP contribution in [0.2, 0.25) is 0 Å². The van der Waals surface area contributed by atoms with Crippen LogP contribution < -0.4 is 0 Å². The van der Waals surface area contributed by atoms with Gasteiger partial charge in [0.25, 0.3) is 0 Å². The largest absolute Gasteiger partial charge is 0.303 e. The number of rotatable bonds is 4. The van der Waals surface area contributed by atoms with Crippen molar-refractivity contribution in [2.45, 2.75) is 71.6 Å². The Labute approximate surface area is 123 Å². The molecule has 20 heavy (non-hydrogen) atoms. The number of alkyl halides is 2. The topological polar surface area (TPSA) is 3.24 Å². The Morgan fingerprint density at radius 1 is 1.10 bits per heavy atom. The van der Waals surface area contributed by atoms with Crippen LogP contribution in [0.3, 0.4) is 0 Å². The molecule has 1 heterocycles. The molecule has 1 saturated heterocycles. The van der Waals surface area contributed by atoms with Gasteiger partial charge in [-0.25, -0.2) is 8.78 Å². The van der Waals surface area contributed by atoms with Crippen molar-refractivity contribution in [1.82, 2.24) is 4.90 Å². The third-order valence-electron chi connectivity index (χ3n) is 5.35. The lowest BCUT2D eigenvalue weighted by Crippen LogP contribution is -2.43. The summed E-state index contributed by atoms with van der Waals surface area (Å²) in [6.07, 6.45) is 7.08. The summed E-state index contributed by atoms with van der Waals surface area (Å²) in [6, 6.07) is 0. The lowest BCUT2D eigenvalue weighted by atomic mass is 9.65. The average molecular weight is 287 g/mol. The summed E-state index contributed by atoms with van der Waals surface area (Å²) in [4.78, 5) is 2.59. The van der Waals surface area contributed by atoms with Crippen molar-refractivity contribution < 1.29 is 8.78 Å². The second-order valence-electron chi connectivity index (χ2n) is 7.91. The standard InChI is InChI=1S/C17H31F2N/c1-14(2)13-20-10-8-17(9-11-20)6-4-15(5-7-17)12-16(3,18)19/h14-15H,4-13H2,1-3H3. The predicted molar refractivity (Wildman–Crippen MR) is 80.1 cm³/mol. The van der Waals surface area contributed by atoms with E-state index in [2.05, 4.69) is 18.7 Å². The van der Waals surface area contributed by atoms with Gasteiger partial charge in [-0.3, -0.25) is 0 Å². The summed E-state index contributed by atoms with van der Waals surface area (Å²) >= 11 is 0. The van der Waals surface area contributed by atoms with E-state index in [-0.39, 0.29) is 12.3 Å². The molecule has 2 rings (SSSR count). The van der Waals surface area contributed by atoms with Gasteiger partial charge in [0.15, 0.2) is 0 Å². The molecule has 1 aliphatic carbocycles. The normalized spacial score (nSPS) is 25.5. The van der Waals surface area contributed by atoms with E-state index in [1.54, 1.807) is 0 Å². The summed E-state index contributed by atoms with van der Waals surface area (Å²) in [7, 11) is 0. The molecule has 118 valence electrons. The molecule has 1 spiro atoms. The van der Waals surface area contributed by atoms with Crippen LogP contribution in [0.5, 0.6) is 0 Å². The quantitative estimate of drug-likeness (QED) is 0.706. The molecule has 0 N–H and O–H groups in total. The molecule has 0 radical (unpaired) electrons. The van der Waals surface area contributed by atoms with Gasteiger partial charge in [0.05, 0.1) is 0 Å². The molecule has 0 aromatic rings. The molecular weight excluding hydrogens is 256 g/mol. The zero-order chi connectivity index (χ0) is 14.8. The van der Waals surface area contributed by atoms with Crippen molar-refractivity contribution >= 4 is 0 Å². The Morgan fingerprint density at radius 2 is 1.65 bits per heavy atom.